The van der Waals surface area contributed by atoms with Crippen LogP contribution in [0.4, 0.5) is 5.69 Å². The van der Waals surface area contributed by atoms with Crippen molar-refractivity contribution in [3.63, 3.8) is 0 Å². The first-order chi connectivity index (χ1) is 11.3. The van der Waals surface area contributed by atoms with Crippen LogP contribution < -0.4 is 15.4 Å². The number of hydrogen-bond acceptors (Lipinski definition) is 3. The topological polar surface area (TPSA) is 50.4 Å². The van der Waals surface area contributed by atoms with Gasteiger partial charge in [0.2, 0.25) is 5.91 Å². The van der Waals surface area contributed by atoms with Gasteiger partial charge in [-0.2, -0.15) is 0 Å². The Labute approximate surface area is 137 Å². The standard InChI is InChI=1S/C19H24N2O2/c1-2-13-20-15-19(22)21-17-8-10-18(11-9-17)23-14-12-16-6-4-3-5-7-16/h3-11,20H,2,12-15H2,1H3,(H,21,22). The molecule has 0 fully saturated rings. The van der Waals surface area contributed by atoms with Crippen molar-refractivity contribution in [3.05, 3.63) is 60.2 Å². The molecule has 0 saturated heterocycles. The van der Waals surface area contributed by atoms with E-state index >= 15 is 0 Å². The van der Waals surface area contributed by atoms with Gasteiger partial charge in [-0.3, -0.25) is 4.79 Å². The highest BCUT2D eigenvalue weighted by Gasteiger charge is 2.02. The number of carbonyl (C=O) groups excluding carboxylic acids is 1. The monoisotopic (exact) mass is 312 g/mol. The summed E-state index contributed by atoms with van der Waals surface area (Å²) in [5.74, 6) is 0.777. The van der Waals surface area contributed by atoms with Gasteiger partial charge in [-0.05, 0) is 42.8 Å². The largest absolute Gasteiger partial charge is 0.493 e. The summed E-state index contributed by atoms with van der Waals surface area (Å²) in [7, 11) is 0. The lowest BCUT2D eigenvalue weighted by molar-refractivity contribution is -0.115. The molecule has 23 heavy (non-hydrogen) atoms. The molecule has 2 aromatic carbocycles. The lowest BCUT2D eigenvalue weighted by Gasteiger charge is -2.09. The fourth-order valence-electron chi connectivity index (χ4n) is 2.15. The molecule has 1 amide bonds. The lowest BCUT2D eigenvalue weighted by atomic mass is 10.2. The second kappa shape index (κ2) is 9.64. The van der Waals surface area contributed by atoms with E-state index in [2.05, 4.69) is 29.7 Å². The number of ether oxygens (including phenoxy) is 1. The molecule has 2 aromatic rings. The molecule has 4 nitrogen and oxygen atoms in total. The molecular weight excluding hydrogens is 288 g/mol. The molecule has 2 rings (SSSR count). The average Bonchev–Trinajstić information content (AvgIpc) is 2.58. The molecule has 4 heteroatoms. The highest BCUT2D eigenvalue weighted by atomic mass is 16.5. The van der Waals surface area contributed by atoms with Gasteiger partial charge in [0.05, 0.1) is 13.2 Å². The van der Waals surface area contributed by atoms with Gasteiger partial charge in [-0.15, -0.1) is 0 Å². The molecule has 0 aromatic heterocycles. The average molecular weight is 312 g/mol. The second-order valence-electron chi connectivity index (χ2n) is 5.33. The third-order valence-electron chi connectivity index (χ3n) is 3.35. The fourth-order valence-corrected chi connectivity index (χ4v) is 2.15. The number of nitrogens with one attached hydrogen (secondary N) is 2. The summed E-state index contributed by atoms with van der Waals surface area (Å²) in [6.45, 7) is 3.89. The Morgan fingerprint density at radius 2 is 1.78 bits per heavy atom. The van der Waals surface area contributed by atoms with E-state index in [1.165, 1.54) is 5.56 Å². The van der Waals surface area contributed by atoms with Gasteiger partial charge in [0.1, 0.15) is 5.75 Å². The van der Waals surface area contributed by atoms with E-state index in [0.717, 1.165) is 30.8 Å². The first-order valence-electron chi connectivity index (χ1n) is 8.05. The summed E-state index contributed by atoms with van der Waals surface area (Å²) in [6, 6.07) is 17.7. The molecule has 0 heterocycles. The number of anilines is 1. The lowest BCUT2D eigenvalue weighted by Crippen LogP contribution is -2.28. The molecule has 0 radical (unpaired) electrons. The Morgan fingerprint density at radius 1 is 1.04 bits per heavy atom. The van der Waals surface area contributed by atoms with E-state index in [1.807, 2.05) is 42.5 Å². The summed E-state index contributed by atoms with van der Waals surface area (Å²) in [6.07, 6.45) is 1.89. The van der Waals surface area contributed by atoms with Crippen LogP contribution in [0.5, 0.6) is 5.75 Å². The number of carbonyl (C=O) groups is 1. The maximum Gasteiger partial charge on any atom is 0.238 e. The van der Waals surface area contributed by atoms with E-state index in [4.69, 9.17) is 4.74 Å². The third kappa shape index (κ3) is 6.53. The zero-order valence-corrected chi connectivity index (χ0v) is 13.5. The van der Waals surface area contributed by atoms with Crippen LogP contribution in [0.2, 0.25) is 0 Å². The number of rotatable bonds is 9. The van der Waals surface area contributed by atoms with Gasteiger partial charge in [0.15, 0.2) is 0 Å². The van der Waals surface area contributed by atoms with Crippen molar-refractivity contribution in [3.8, 4) is 5.75 Å². The summed E-state index contributed by atoms with van der Waals surface area (Å²) in [4.78, 5) is 11.7. The van der Waals surface area contributed by atoms with Crippen LogP contribution >= 0.6 is 0 Å². The minimum absolute atomic E-state index is 0.0313. The van der Waals surface area contributed by atoms with Gasteiger partial charge < -0.3 is 15.4 Å². The highest BCUT2D eigenvalue weighted by Crippen LogP contribution is 2.16. The Hall–Kier alpha value is -2.33. The van der Waals surface area contributed by atoms with E-state index in [9.17, 15) is 4.79 Å². The third-order valence-corrected chi connectivity index (χ3v) is 3.35. The summed E-state index contributed by atoms with van der Waals surface area (Å²) >= 11 is 0. The van der Waals surface area contributed by atoms with E-state index in [0.29, 0.717) is 13.2 Å². The first-order valence-corrected chi connectivity index (χ1v) is 8.05. The van der Waals surface area contributed by atoms with E-state index in [-0.39, 0.29) is 5.91 Å². The predicted molar refractivity (Wildman–Crippen MR) is 93.9 cm³/mol. The SMILES string of the molecule is CCCNCC(=O)Nc1ccc(OCCc2ccccc2)cc1. The molecule has 0 aliphatic carbocycles. The zero-order valence-electron chi connectivity index (χ0n) is 13.5. The van der Waals surface area contributed by atoms with Crippen LogP contribution in [0.25, 0.3) is 0 Å². The van der Waals surface area contributed by atoms with E-state index in [1.54, 1.807) is 0 Å². The van der Waals surface area contributed by atoms with Gasteiger partial charge in [-0.25, -0.2) is 0 Å². The predicted octanol–water partition coefficient (Wildman–Crippen LogP) is 3.25. The Bertz CT molecular complexity index is 582. The molecule has 122 valence electrons. The van der Waals surface area contributed by atoms with Crippen molar-refractivity contribution in [1.82, 2.24) is 5.32 Å². The molecular formula is C19H24N2O2. The fraction of sp³-hybridized carbons (Fsp3) is 0.316. The van der Waals surface area contributed by atoms with Crippen LogP contribution in [-0.4, -0.2) is 25.6 Å². The van der Waals surface area contributed by atoms with Crippen molar-refractivity contribution >= 4 is 11.6 Å². The molecule has 0 aliphatic rings. The molecule has 0 unspecified atom stereocenters. The number of benzene rings is 2. The quantitative estimate of drug-likeness (QED) is 0.699. The molecule has 0 saturated carbocycles. The second-order valence-corrected chi connectivity index (χ2v) is 5.33. The highest BCUT2D eigenvalue weighted by molar-refractivity contribution is 5.92. The van der Waals surface area contributed by atoms with Crippen molar-refractivity contribution in [2.45, 2.75) is 19.8 Å². The Morgan fingerprint density at radius 3 is 2.48 bits per heavy atom. The Balaban J connectivity index is 1.72. The maximum atomic E-state index is 11.7. The van der Waals surface area contributed by atoms with Gasteiger partial charge in [0.25, 0.3) is 0 Å². The van der Waals surface area contributed by atoms with Crippen LogP contribution in [0, 0.1) is 0 Å². The Kier molecular flexibility index (Phi) is 7.14. The van der Waals surface area contributed by atoms with Crippen LogP contribution in [-0.2, 0) is 11.2 Å². The molecule has 0 bridgehead atoms. The van der Waals surface area contributed by atoms with Gasteiger partial charge >= 0.3 is 0 Å². The molecule has 0 atom stereocenters. The van der Waals surface area contributed by atoms with Gasteiger partial charge in [-0.1, -0.05) is 37.3 Å². The smallest absolute Gasteiger partial charge is 0.238 e. The minimum Gasteiger partial charge on any atom is -0.493 e. The minimum atomic E-state index is -0.0313. The van der Waals surface area contributed by atoms with Gasteiger partial charge in [0, 0.05) is 12.1 Å². The first kappa shape index (κ1) is 17.0. The van der Waals surface area contributed by atoms with E-state index < -0.39 is 0 Å². The number of amides is 1. The molecule has 0 aliphatic heterocycles. The summed E-state index contributed by atoms with van der Waals surface area (Å²) < 4.78 is 5.72. The maximum absolute atomic E-state index is 11.7. The summed E-state index contributed by atoms with van der Waals surface area (Å²) in [5, 5.41) is 5.93. The van der Waals surface area contributed by atoms with Crippen molar-refractivity contribution < 1.29 is 9.53 Å². The zero-order chi connectivity index (χ0) is 16.3. The normalized spacial score (nSPS) is 10.3. The van der Waals surface area contributed by atoms with Crippen LogP contribution in [0.15, 0.2) is 54.6 Å². The summed E-state index contributed by atoms with van der Waals surface area (Å²) in [5.41, 5.74) is 2.04. The van der Waals surface area contributed by atoms with Crippen molar-refractivity contribution in [2.75, 3.05) is 25.0 Å². The van der Waals surface area contributed by atoms with Crippen LogP contribution in [0.1, 0.15) is 18.9 Å². The van der Waals surface area contributed by atoms with Crippen molar-refractivity contribution in [1.29, 1.82) is 0 Å². The van der Waals surface area contributed by atoms with Crippen molar-refractivity contribution in [2.24, 2.45) is 0 Å². The number of hydrogen-bond donors (Lipinski definition) is 2. The molecule has 2 N–H and O–H groups in total. The van der Waals surface area contributed by atoms with Crippen LogP contribution in [0.3, 0.4) is 0 Å². The molecule has 0 spiro atoms.